The van der Waals surface area contributed by atoms with E-state index < -0.39 is 0 Å². The van der Waals surface area contributed by atoms with Gasteiger partial charge in [-0.2, -0.15) is 0 Å². The van der Waals surface area contributed by atoms with Crippen LogP contribution in [0.15, 0.2) is 0 Å². The summed E-state index contributed by atoms with van der Waals surface area (Å²) in [5.41, 5.74) is -0.0904. The van der Waals surface area contributed by atoms with Crippen LogP contribution in [0, 0.1) is 11.3 Å². The molecule has 0 N–H and O–H groups in total. The minimum absolute atomic E-state index is 0.0904. The Labute approximate surface area is 105 Å². The van der Waals surface area contributed by atoms with E-state index in [4.69, 9.17) is 4.74 Å². The number of rotatable bonds is 5. The van der Waals surface area contributed by atoms with Crippen molar-refractivity contribution in [3.05, 3.63) is 0 Å². The molecule has 2 heteroatoms. The molecule has 2 nitrogen and oxygen atoms in total. The highest BCUT2D eigenvalue weighted by Gasteiger charge is 2.45. The van der Waals surface area contributed by atoms with Crippen LogP contribution in [0.25, 0.3) is 0 Å². The molecular formula is C15H26O2. The van der Waals surface area contributed by atoms with Crippen molar-refractivity contribution in [2.24, 2.45) is 11.3 Å². The molecule has 0 aromatic rings. The fourth-order valence-electron chi connectivity index (χ4n) is 3.01. The van der Waals surface area contributed by atoms with Gasteiger partial charge in [0.05, 0.1) is 5.41 Å². The first-order chi connectivity index (χ1) is 8.12. The zero-order valence-corrected chi connectivity index (χ0v) is 11.3. The Morgan fingerprint density at radius 1 is 1.24 bits per heavy atom. The van der Waals surface area contributed by atoms with Gasteiger partial charge in [0.25, 0.3) is 0 Å². The fraction of sp³-hybridized carbons (Fsp3) is 0.933. The summed E-state index contributed by atoms with van der Waals surface area (Å²) in [5, 5.41) is 0. The van der Waals surface area contributed by atoms with Crippen LogP contribution in [0.5, 0.6) is 0 Å². The van der Waals surface area contributed by atoms with Crippen LogP contribution in [-0.4, -0.2) is 12.1 Å². The molecule has 0 radical (unpaired) electrons. The summed E-state index contributed by atoms with van der Waals surface area (Å²) in [6, 6.07) is 0. The third-order valence-corrected chi connectivity index (χ3v) is 4.52. The van der Waals surface area contributed by atoms with Crippen molar-refractivity contribution in [1.82, 2.24) is 0 Å². The van der Waals surface area contributed by atoms with Crippen molar-refractivity contribution in [1.29, 1.82) is 0 Å². The molecule has 98 valence electrons. The molecule has 0 spiro atoms. The summed E-state index contributed by atoms with van der Waals surface area (Å²) in [4.78, 5) is 12.3. The molecule has 2 fully saturated rings. The maximum atomic E-state index is 12.3. The largest absolute Gasteiger partial charge is 0.462 e. The van der Waals surface area contributed by atoms with Crippen LogP contribution >= 0.6 is 0 Å². The third-order valence-electron chi connectivity index (χ3n) is 4.52. The van der Waals surface area contributed by atoms with Gasteiger partial charge >= 0.3 is 5.97 Å². The first kappa shape index (κ1) is 12.9. The van der Waals surface area contributed by atoms with Gasteiger partial charge in [-0.05, 0) is 57.3 Å². The molecule has 17 heavy (non-hydrogen) atoms. The van der Waals surface area contributed by atoms with Gasteiger partial charge in [0.1, 0.15) is 6.10 Å². The number of hydrogen-bond donors (Lipinski definition) is 0. The van der Waals surface area contributed by atoms with Crippen molar-refractivity contribution in [2.75, 3.05) is 0 Å². The van der Waals surface area contributed by atoms with E-state index in [1.54, 1.807) is 0 Å². The Balaban J connectivity index is 1.85. The highest BCUT2D eigenvalue weighted by atomic mass is 16.5. The van der Waals surface area contributed by atoms with Crippen LogP contribution in [0.4, 0.5) is 0 Å². The zero-order valence-electron chi connectivity index (χ0n) is 11.3. The smallest absolute Gasteiger partial charge is 0.312 e. The van der Waals surface area contributed by atoms with E-state index in [0.717, 1.165) is 38.5 Å². The van der Waals surface area contributed by atoms with Gasteiger partial charge in [0, 0.05) is 0 Å². The summed E-state index contributed by atoms with van der Waals surface area (Å²) in [5.74, 6) is 0.808. The lowest BCUT2D eigenvalue weighted by Crippen LogP contribution is -2.41. The van der Waals surface area contributed by atoms with Gasteiger partial charge in [-0.15, -0.1) is 0 Å². The van der Waals surface area contributed by atoms with Crippen LogP contribution < -0.4 is 0 Å². The molecular weight excluding hydrogens is 212 g/mol. The standard InChI is InChI=1S/C15H26O2/c1-12(2)8-11-15(9-5-10-15)14(16)17-13-6-3-4-7-13/h12-13H,3-11H2,1-2H3. The zero-order chi connectivity index (χ0) is 12.3. The molecule has 0 aromatic carbocycles. The topological polar surface area (TPSA) is 26.3 Å². The quantitative estimate of drug-likeness (QED) is 0.675. The molecule has 2 aliphatic carbocycles. The number of ether oxygens (including phenoxy) is 1. The molecule has 0 saturated heterocycles. The van der Waals surface area contributed by atoms with E-state index >= 15 is 0 Å². The maximum Gasteiger partial charge on any atom is 0.312 e. The second-order valence-corrected chi connectivity index (χ2v) is 6.38. The van der Waals surface area contributed by atoms with Gasteiger partial charge < -0.3 is 4.74 Å². The molecule has 0 bridgehead atoms. The van der Waals surface area contributed by atoms with E-state index in [2.05, 4.69) is 13.8 Å². The molecule has 0 unspecified atom stereocenters. The van der Waals surface area contributed by atoms with Crippen LogP contribution in [0.3, 0.4) is 0 Å². The number of carbonyl (C=O) groups is 1. The van der Waals surface area contributed by atoms with Gasteiger partial charge in [0.15, 0.2) is 0 Å². The van der Waals surface area contributed by atoms with Gasteiger partial charge in [-0.1, -0.05) is 20.3 Å². The molecule has 2 aliphatic rings. The van der Waals surface area contributed by atoms with Crippen molar-refractivity contribution >= 4 is 5.97 Å². The second kappa shape index (κ2) is 5.41. The van der Waals surface area contributed by atoms with Gasteiger partial charge in [-0.3, -0.25) is 4.79 Å². The van der Waals surface area contributed by atoms with Crippen molar-refractivity contribution in [3.63, 3.8) is 0 Å². The van der Waals surface area contributed by atoms with E-state index in [1.165, 1.54) is 19.3 Å². The SMILES string of the molecule is CC(C)CCC1(C(=O)OC2CCCC2)CCC1. The summed E-state index contributed by atoms with van der Waals surface area (Å²) in [7, 11) is 0. The van der Waals surface area contributed by atoms with Gasteiger partial charge in [0.2, 0.25) is 0 Å². The monoisotopic (exact) mass is 238 g/mol. The molecule has 0 aliphatic heterocycles. The molecule has 0 heterocycles. The average Bonchev–Trinajstić information content (AvgIpc) is 2.68. The average molecular weight is 238 g/mol. The van der Waals surface area contributed by atoms with Gasteiger partial charge in [-0.25, -0.2) is 0 Å². The summed E-state index contributed by atoms with van der Waals surface area (Å²) in [6.45, 7) is 4.46. The van der Waals surface area contributed by atoms with Crippen LogP contribution in [-0.2, 0) is 9.53 Å². The Bertz CT molecular complexity index is 260. The predicted octanol–water partition coefficient (Wildman–Crippen LogP) is 4.08. The van der Waals surface area contributed by atoms with Crippen molar-refractivity contribution in [3.8, 4) is 0 Å². The first-order valence-corrected chi connectivity index (χ1v) is 7.33. The second-order valence-electron chi connectivity index (χ2n) is 6.38. The minimum atomic E-state index is -0.0904. The fourth-order valence-corrected chi connectivity index (χ4v) is 3.01. The van der Waals surface area contributed by atoms with Crippen LogP contribution in [0.1, 0.15) is 71.6 Å². The predicted molar refractivity (Wildman–Crippen MR) is 68.7 cm³/mol. The normalized spacial score (nSPS) is 23.7. The van der Waals surface area contributed by atoms with E-state index in [-0.39, 0.29) is 17.5 Å². The molecule has 0 atom stereocenters. The van der Waals surface area contributed by atoms with Crippen molar-refractivity contribution in [2.45, 2.75) is 77.7 Å². The summed E-state index contributed by atoms with van der Waals surface area (Å²) in [6.07, 6.45) is 10.4. The van der Waals surface area contributed by atoms with E-state index in [0.29, 0.717) is 5.92 Å². The maximum absolute atomic E-state index is 12.3. The highest BCUT2D eigenvalue weighted by molar-refractivity contribution is 5.78. The lowest BCUT2D eigenvalue weighted by Gasteiger charge is -2.40. The van der Waals surface area contributed by atoms with E-state index in [1.807, 2.05) is 0 Å². The Morgan fingerprint density at radius 3 is 2.35 bits per heavy atom. The number of esters is 1. The Kier molecular flexibility index (Phi) is 4.11. The van der Waals surface area contributed by atoms with Crippen LogP contribution in [0.2, 0.25) is 0 Å². The molecule has 0 amide bonds. The lowest BCUT2D eigenvalue weighted by atomic mass is 9.65. The van der Waals surface area contributed by atoms with E-state index in [9.17, 15) is 4.79 Å². The number of carbonyl (C=O) groups excluding carboxylic acids is 1. The molecule has 2 rings (SSSR count). The first-order valence-electron chi connectivity index (χ1n) is 7.33. The highest BCUT2D eigenvalue weighted by Crippen LogP contribution is 2.47. The summed E-state index contributed by atoms with van der Waals surface area (Å²) < 4.78 is 5.71. The number of hydrogen-bond acceptors (Lipinski definition) is 2. The summed E-state index contributed by atoms with van der Waals surface area (Å²) >= 11 is 0. The van der Waals surface area contributed by atoms with Crippen molar-refractivity contribution < 1.29 is 9.53 Å². The lowest BCUT2D eigenvalue weighted by molar-refractivity contribution is -0.168. The minimum Gasteiger partial charge on any atom is -0.462 e. The molecule has 0 aromatic heterocycles. The molecule has 2 saturated carbocycles. The Morgan fingerprint density at radius 2 is 1.88 bits per heavy atom. The Hall–Kier alpha value is -0.530. The third kappa shape index (κ3) is 3.02.